The molecular weight excluding hydrogens is 471 g/mol. The van der Waals surface area contributed by atoms with Gasteiger partial charge in [-0.15, -0.1) is 0 Å². The molecule has 3 aromatic rings. The van der Waals surface area contributed by atoms with E-state index in [1.807, 2.05) is 30.3 Å². The van der Waals surface area contributed by atoms with Crippen LogP contribution in [0.5, 0.6) is 11.5 Å². The van der Waals surface area contributed by atoms with Crippen molar-refractivity contribution >= 4 is 43.5 Å². The largest absolute Gasteiger partial charge is 0.456 e. The third-order valence-corrected chi connectivity index (χ3v) is 4.71. The Morgan fingerprint density at radius 1 is 1.12 bits per heavy atom. The van der Waals surface area contributed by atoms with Gasteiger partial charge in [-0.3, -0.25) is 4.79 Å². The van der Waals surface area contributed by atoms with Crippen molar-refractivity contribution < 1.29 is 4.74 Å². The van der Waals surface area contributed by atoms with E-state index in [2.05, 4.69) is 42.1 Å². The molecule has 0 amide bonds. The number of rotatable bonds is 4. The Bertz CT molecular complexity index is 969. The number of hydrogen-bond acceptors (Lipinski definition) is 3. The zero-order valence-corrected chi connectivity index (χ0v) is 17.1. The summed E-state index contributed by atoms with van der Waals surface area (Å²) >= 11 is 13.1. The molecule has 0 atom stereocenters. The lowest BCUT2D eigenvalue weighted by Crippen LogP contribution is -2.12. The Kier molecular flexibility index (Phi) is 5.61. The van der Waals surface area contributed by atoms with Gasteiger partial charge in [0.25, 0.3) is 5.56 Å². The van der Waals surface area contributed by atoms with Gasteiger partial charge in [0.05, 0.1) is 10.7 Å². The third-order valence-electron chi connectivity index (χ3n) is 3.49. The van der Waals surface area contributed by atoms with Crippen LogP contribution in [0.4, 0.5) is 0 Å². The molecule has 0 fully saturated rings. The van der Waals surface area contributed by atoms with Gasteiger partial charge in [-0.05, 0) is 48.9 Å². The Labute approximate surface area is 166 Å². The van der Waals surface area contributed by atoms with Crippen LogP contribution >= 0.6 is 43.5 Å². The number of aromatic nitrogens is 2. The molecule has 1 heterocycles. The smallest absolute Gasteiger partial charge is 0.267 e. The molecule has 1 N–H and O–H groups in total. The summed E-state index contributed by atoms with van der Waals surface area (Å²) in [6, 6.07) is 13.0. The molecule has 0 saturated carbocycles. The van der Waals surface area contributed by atoms with Crippen LogP contribution in [0.2, 0.25) is 5.02 Å². The van der Waals surface area contributed by atoms with E-state index in [4.69, 9.17) is 16.3 Å². The molecule has 0 aliphatic rings. The molecule has 25 heavy (non-hydrogen) atoms. The number of benzene rings is 2. The number of aryl methyl sites for hydroxylation is 1. The summed E-state index contributed by atoms with van der Waals surface area (Å²) in [7, 11) is 0. The average molecular weight is 485 g/mol. The molecule has 0 aliphatic heterocycles. The molecule has 0 aliphatic carbocycles. The quantitative estimate of drug-likeness (QED) is 0.522. The maximum Gasteiger partial charge on any atom is 0.267 e. The van der Waals surface area contributed by atoms with E-state index >= 15 is 0 Å². The lowest BCUT2D eigenvalue weighted by Gasteiger charge is -2.10. The summed E-state index contributed by atoms with van der Waals surface area (Å²) in [6.07, 6.45) is 0.563. The van der Waals surface area contributed by atoms with Gasteiger partial charge in [0.1, 0.15) is 11.5 Å². The van der Waals surface area contributed by atoms with Gasteiger partial charge in [-0.2, -0.15) is 5.10 Å². The van der Waals surface area contributed by atoms with Crippen molar-refractivity contribution in [3.8, 4) is 11.5 Å². The van der Waals surface area contributed by atoms with E-state index in [9.17, 15) is 4.79 Å². The number of halogens is 3. The van der Waals surface area contributed by atoms with Crippen LogP contribution in [0.3, 0.4) is 0 Å². The SMILES string of the molecule is Cc1cc(Cc2ccc(Cl)c(Oc3cc(Br)cc(Br)c3)c2)n[nH]c1=O. The number of ether oxygens (including phenoxy) is 1. The predicted molar refractivity (Wildman–Crippen MR) is 106 cm³/mol. The van der Waals surface area contributed by atoms with Crippen LogP contribution in [-0.4, -0.2) is 10.2 Å². The van der Waals surface area contributed by atoms with Gasteiger partial charge in [-0.25, -0.2) is 5.10 Å². The van der Waals surface area contributed by atoms with Gasteiger partial charge in [0.2, 0.25) is 0 Å². The highest BCUT2D eigenvalue weighted by Gasteiger charge is 2.08. The van der Waals surface area contributed by atoms with Crippen LogP contribution in [0.15, 0.2) is 56.2 Å². The Morgan fingerprint density at radius 2 is 1.84 bits per heavy atom. The molecule has 128 valence electrons. The van der Waals surface area contributed by atoms with Crippen molar-refractivity contribution in [3.05, 3.63) is 83.6 Å². The summed E-state index contributed by atoms with van der Waals surface area (Å²) in [6.45, 7) is 1.76. The Hall–Kier alpha value is -1.63. The van der Waals surface area contributed by atoms with Crippen LogP contribution in [0.25, 0.3) is 0 Å². The molecule has 3 rings (SSSR count). The second kappa shape index (κ2) is 7.72. The number of aromatic amines is 1. The van der Waals surface area contributed by atoms with E-state index in [1.165, 1.54) is 0 Å². The molecule has 7 heteroatoms. The molecule has 0 radical (unpaired) electrons. The Balaban J connectivity index is 1.87. The fourth-order valence-electron chi connectivity index (χ4n) is 2.31. The van der Waals surface area contributed by atoms with Crippen molar-refractivity contribution in [2.24, 2.45) is 0 Å². The van der Waals surface area contributed by atoms with Gasteiger partial charge < -0.3 is 4.74 Å². The predicted octanol–water partition coefficient (Wildman–Crippen LogP) is 5.64. The highest BCUT2D eigenvalue weighted by atomic mass is 79.9. The summed E-state index contributed by atoms with van der Waals surface area (Å²) in [5, 5.41) is 7.08. The van der Waals surface area contributed by atoms with E-state index in [0.717, 1.165) is 20.2 Å². The van der Waals surface area contributed by atoms with Crippen molar-refractivity contribution in [2.45, 2.75) is 13.3 Å². The second-order valence-corrected chi connectivity index (χ2v) is 7.76. The maximum absolute atomic E-state index is 11.4. The first-order chi connectivity index (χ1) is 11.9. The number of nitrogens with one attached hydrogen (secondary N) is 1. The van der Waals surface area contributed by atoms with Crippen LogP contribution in [0.1, 0.15) is 16.8 Å². The van der Waals surface area contributed by atoms with Gasteiger partial charge >= 0.3 is 0 Å². The van der Waals surface area contributed by atoms with Crippen molar-refractivity contribution in [1.29, 1.82) is 0 Å². The highest BCUT2D eigenvalue weighted by molar-refractivity contribution is 9.11. The zero-order valence-electron chi connectivity index (χ0n) is 13.1. The first-order valence-corrected chi connectivity index (χ1v) is 9.35. The van der Waals surface area contributed by atoms with Crippen LogP contribution in [-0.2, 0) is 6.42 Å². The lowest BCUT2D eigenvalue weighted by molar-refractivity contribution is 0.481. The summed E-state index contributed by atoms with van der Waals surface area (Å²) in [5.41, 5.74) is 2.21. The van der Waals surface area contributed by atoms with Crippen molar-refractivity contribution in [2.75, 3.05) is 0 Å². The van der Waals surface area contributed by atoms with E-state index in [1.54, 1.807) is 19.1 Å². The first kappa shape index (κ1) is 18.2. The van der Waals surface area contributed by atoms with Crippen LogP contribution < -0.4 is 10.3 Å². The van der Waals surface area contributed by atoms with Gasteiger partial charge in [0, 0.05) is 20.9 Å². The molecule has 0 saturated heterocycles. The summed E-state index contributed by atoms with van der Waals surface area (Å²) in [4.78, 5) is 11.4. The lowest BCUT2D eigenvalue weighted by atomic mass is 10.1. The van der Waals surface area contributed by atoms with Crippen molar-refractivity contribution in [3.63, 3.8) is 0 Å². The summed E-state index contributed by atoms with van der Waals surface area (Å²) in [5.74, 6) is 1.23. The van der Waals surface area contributed by atoms with Gasteiger partial charge in [-0.1, -0.05) is 49.5 Å². The molecular formula is C18H13Br2ClN2O2. The van der Waals surface area contributed by atoms with E-state index < -0.39 is 0 Å². The normalized spacial score (nSPS) is 10.7. The topological polar surface area (TPSA) is 55.0 Å². The maximum atomic E-state index is 11.4. The number of hydrogen-bond donors (Lipinski definition) is 1. The number of H-pyrrole nitrogens is 1. The molecule has 0 bridgehead atoms. The fourth-order valence-corrected chi connectivity index (χ4v) is 3.72. The van der Waals surface area contributed by atoms with E-state index in [-0.39, 0.29) is 5.56 Å². The molecule has 4 nitrogen and oxygen atoms in total. The fraction of sp³-hybridized carbons (Fsp3) is 0.111. The Morgan fingerprint density at radius 3 is 2.52 bits per heavy atom. The van der Waals surface area contributed by atoms with Crippen LogP contribution in [0, 0.1) is 6.92 Å². The molecule has 2 aromatic carbocycles. The number of nitrogens with zero attached hydrogens (tertiary/aromatic N) is 1. The monoisotopic (exact) mass is 482 g/mol. The first-order valence-electron chi connectivity index (χ1n) is 7.38. The minimum atomic E-state index is -0.177. The van der Waals surface area contributed by atoms with Crippen molar-refractivity contribution in [1.82, 2.24) is 10.2 Å². The van der Waals surface area contributed by atoms with E-state index in [0.29, 0.717) is 28.5 Å². The average Bonchev–Trinajstić information content (AvgIpc) is 2.53. The third kappa shape index (κ3) is 4.71. The highest BCUT2D eigenvalue weighted by Crippen LogP contribution is 2.33. The molecule has 0 unspecified atom stereocenters. The van der Waals surface area contributed by atoms with Gasteiger partial charge in [0.15, 0.2) is 0 Å². The zero-order chi connectivity index (χ0) is 18.0. The molecule has 0 spiro atoms. The minimum absolute atomic E-state index is 0.177. The minimum Gasteiger partial charge on any atom is -0.456 e. The molecule has 1 aromatic heterocycles. The summed E-state index contributed by atoms with van der Waals surface area (Å²) < 4.78 is 7.72. The second-order valence-electron chi connectivity index (χ2n) is 5.52. The standard InChI is InChI=1S/C18H13Br2ClN2O2/c1-10-4-14(22-23-18(10)24)5-11-2-3-16(21)17(6-11)25-15-8-12(19)7-13(20)9-15/h2-4,6-9H,5H2,1H3,(H,23,24).